The van der Waals surface area contributed by atoms with Crippen LogP contribution in [0.15, 0.2) is 77.6 Å². The molecular formula is C23H19F3N4OS. The Morgan fingerprint density at radius 1 is 1.22 bits per heavy atom. The van der Waals surface area contributed by atoms with Crippen LogP contribution >= 0.6 is 11.3 Å². The summed E-state index contributed by atoms with van der Waals surface area (Å²) in [6.07, 6.45) is 3.13. The molecule has 0 aliphatic heterocycles. The summed E-state index contributed by atoms with van der Waals surface area (Å²) in [5, 5.41) is 8.42. The highest BCUT2D eigenvalue weighted by molar-refractivity contribution is 7.14. The average Bonchev–Trinajstić information content (AvgIpc) is 3.24. The molecule has 1 aliphatic rings. The number of anilines is 2. The van der Waals surface area contributed by atoms with Gasteiger partial charge in [0.25, 0.3) is 0 Å². The minimum atomic E-state index is -4.47. The van der Waals surface area contributed by atoms with Gasteiger partial charge in [0.05, 0.1) is 17.2 Å². The van der Waals surface area contributed by atoms with Gasteiger partial charge in [0.1, 0.15) is 0 Å². The van der Waals surface area contributed by atoms with E-state index in [2.05, 4.69) is 20.6 Å². The van der Waals surface area contributed by atoms with E-state index < -0.39 is 17.7 Å². The molecule has 32 heavy (non-hydrogen) atoms. The highest BCUT2D eigenvalue weighted by Crippen LogP contribution is 2.32. The second-order valence-corrected chi connectivity index (χ2v) is 8.14. The maximum absolute atomic E-state index is 12.9. The molecule has 1 atom stereocenters. The lowest BCUT2D eigenvalue weighted by molar-refractivity contribution is -0.137. The molecule has 2 heterocycles. The van der Waals surface area contributed by atoms with E-state index in [0.29, 0.717) is 11.6 Å². The first kappa shape index (κ1) is 21.8. The number of carbonyl (C=O) groups excluding carboxylic acids is 1. The molecule has 5 nitrogen and oxygen atoms in total. The number of amides is 1. The molecule has 3 aromatic rings. The second kappa shape index (κ2) is 8.96. The van der Waals surface area contributed by atoms with Crippen LogP contribution in [0.2, 0.25) is 0 Å². The van der Waals surface area contributed by atoms with Crippen LogP contribution in [0.1, 0.15) is 18.9 Å². The van der Waals surface area contributed by atoms with Crippen molar-refractivity contribution in [3.05, 3.63) is 83.2 Å². The minimum absolute atomic E-state index is 0.111. The van der Waals surface area contributed by atoms with Crippen LogP contribution in [0.25, 0.3) is 11.3 Å². The number of pyridine rings is 1. The zero-order valence-electron chi connectivity index (χ0n) is 17.0. The second-order valence-electron chi connectivity index (χ2n) is 7.28. The Kier molecular flexibility index (Phi) is 6.09. The maximum atomic E-state index is 12.9. The molecule has 0 saturated heterocycles. The molecule has 0 saturated carbocycles. The van der Waals surface area contributed by atoms with Crippen molar-refractivity contribution >= 4 is 28.1 Å². The zero-order chi connectivity index (χ0) is 22.7. The number of nitrogens with zero attached hydrogens (tertiary/aromatic N) is 2. The predicted octanol–water partition coefficient (Wildman–Crippen LogP) is 6.12. The van der Waals surface area contributed by atoms with Crippen molar-refractivity contribution in [3.8, 4) is 11.3 Å². The molecule has 1 aromatic carbocycles. The van der Waals surface area contributed by atoms with Gasteiger partial charge in [-0.1, -0.05) is 12.1 Å². The van der Waals surface area contributed by atoms with Crippen molar-refractivity contribution in [2.24, 2.45) is 5.92 Å². The first-order chi connectivity index (χ1) is 15.3. The maximum Gasteiger partial charge on any atom is 0.416 e. The molecule has 1 aliphatic carbocycles. The predicted molar refractivity (Wildman–Crippen MR) is 119 cm³/mol. The van der Waals surface area contributed by atoms with Gasteiger partial charge in [-0.15, -0.1) is 11.3 Å². The Labute approximate surface area is 186 Å². The molecule has 9 heteroatoms. The third kappa shape index (κ3) is 5.05. The number of benzene rings is 1. The van der Waals surface area contributed by atoms with Crippen LogP contribution < -0.4 is 10.6 Å². The van der Waals surface area contributed by atoms with Gasteiger partial charge >= 0.3 is 6.18 Å². The van der Waals surface area contributed by atoms with E-state index in [0.717, 1.165) is 34.7 Å². The quantitative estimate of drug-likeness (QED) is 0.485. The highest BCUT2D eigenvalue weighted by Gasteiger charge is 2.30. The molecule has 0 spiro atoms. The number of halogens is 3. The molecule has 0 fully saturated rings. The van der Waals surface area contributed by atoms with Crippen LogP contribution in [0.3, 0.4) is 0 Å². The molecule has 164 valence electrons. The zero-order valence-corrected chi connectivity index (χ0v) is 17.8. The summed E-state index contributed by atoms with van der Waals surface area (Å²) in [5.74, 6) is -0.893. The summed E-state index contributed by atoms with van der Waals surface area (Å²) in [4.78, 5) is 21.4. The van der Waals surface area contributed by atoms with Crippen molar-refractivity contribution < 1.29 is 18.0 Å². The third-order valence-corrected chi connectivity index (χ3v) is 5.73. The Bertz CT molecular complexity index is 1190. The number of nitrogens with one attached hydrogen (secondary N) is 2. The van der Waals surface area contributed by atoms with E-state index in [1.54, 1.807) is 18.5 Å². The van der Waals surface area contributed by atoms with E-state index in [4.69, 9.17) is 0 Å². The topological polar surface area (TPSA) is 66.9 Å². The fourth-order valence-corrected chi connectivity index (χ4v) is 3.97. The van der Waals surface area contributed by atoms with Crippen LogP contribution in [0.4, 0.5) is 24.0 Å². The van der Waals surface area contributed by atoms with Crippen LogP contribution in [-0.4, -0.2) is 15.9 Å². The van der Waals surface area contributed by atoms with Gasteiger partial charge in [-0.2, -0.15) is 13.2 Å². The Morgan fingerprint density at radius 2 is 2.06 bits per heavy atom. The lowest BCUT2D eigenvalue weighted by Gasteiger charge is -2.20. The van der Waals surface area contributed by atoms with Crippen molar-refractivity contribution in [2.75, 3.05) is 10.6 Å². The SMILES string of the molecule is CC1=CCC(C(=O)Nc2cccc(C(F)(F)F)c2)C=C1Nc1nc(-c2cccnc2)cs1. The third-order valence-electron chi connectivity index (χ3n) is 4.97. The Morgan fingerprint density at radius 3 is 2.81 bits per heavy atom. The molecule has 1 unspecified atom stereocenters. The van der Waals surface area contributed by atoms with Gasteiger partial charge in [0.15, 0.2) is 5.13 Å². The number of carbonyl (C=O) groups is 1. The van der Waals surface area contributed by atoms with Crippen LogP contribution in [-0.2, 0) is 11.0 Å². The number of rotatable bonds is 5. The smallest absolute Gasteiger partial charge is 0.332 e. The van der Waals surface area contributed by atoms with Crippen molar-refractivity contribution in [1.82, 2.24) is 9.97 Å². The number of aromatic nitrogens is 2. The van der Waals surface area contributed by atoms with Gasteiger partial charge in [-0.3, -0.25) is 9.78 Å². The van der Waals surface area contributed by atoms with Crippen molar-refractivity contribution in [2.45, 2.75) is 19.5 Å². The number of thiazole rings is 1. The minimum Gasteiger partial charge on any atom is -0.332 e. The van der Waals surface area contributed by atoms with E-state index in [1.807, 2.05) is 30.5 Å². The van der Waals surface area contributed by atoms with Crippen LogP contribution in [0.5, 0.6) is 0 Å². The molecule has 0 radical (unpaired) electrons. The van der Waals surface area contributed by atoms with E-state index >= 15 is 0 Å². The summed E-state index contributed by atoms with van der Waals surface area (Å²) >= 11 is 1.43. The summed E-state index contributed by atoms with van der Waals surface area (Å²) < 4.78 is 38.8. The van der Waals surface area contributed by atoms with Gasteiger partial charge in [0, 0.05) is 34.7 Å². The standard InChI is InChI=1S/C23H19F3N4OS/c1-14-7-8-15(21(31)28-18-6-2-5-17(11-18)23(24,25)26)10-19(14)29-22-30-20(13-32-22)16-4-3-9-27-12-16/h2-7,9-13,15H,8H2,1H3,(H,28,31)(H,29,30). The summed E-state index contributed by atoms with van der Waals surface area (Å²) in [7, 11) is 0. The van der Waals surface area contributed by atoms with Gasteiger partial charge in [-0.25, -0.2) is 4.98 Å². The summed E-state index contributed by atoms with van der Waals surface area (Å²) in [5.41, 5.74) is 2.71. The Hall–Kier alpha value is -3.46. The van der Waals surface area contributed by atoms with Gasteiger partial charge < -0.3 is 10.6 Å². The normalized spacial score (nSPS) is 16.2. The van der Waals surface area contributed by atoms with E-state index in [-0.39, 0.29) is 11.6 Å². The Balaban J connectivity index is 1.47. The first-order valence-corrected chi connectivity index (χ1v) is 10.7. The summed E-state index contributed by atoms with van der Waals surface area (Å²) in [6.45, 7) is 1.93. The fourth-order valence-electron chi connectivity index (χ4n) is 3.24. The average molecular weight is 456 g/mol. The van der Waals surface area contributed by atoms with Gasteiger partial charge in [0.2, 0.25) is 5.91 Å². The van der Waals surface area contributed by atoms with Crippen LogP contribution in [0, 0.1) is 5.92 Å². The van der Waals surface area contributed by atoms with E-state index in [9.17, 15) is 18.0 Å². The molecule has 2 aromatic heterocycles. The molecule has 4 rings (SSSR count). The highest BCUT2D eigenvalue weighted by atomic mass is 32.1. The number of hydrogen-bond donors (Lipinski definition) is 2. The monoisotopic (exact) mass is 456 g/mol. The largest absolute Gasteiger partial charge is 0.416 e. The molecule has 1 amide bonds. The number of hydrogen-bond acceptors (Lipinski definition) is 5. The molecular weight excluding hydrogens is 437 g/mol. The lowest BCUT2D eigenvalue weighted by Crippen LogP contribution is -2.24. The van der Waals surface area contributed by atoms with E-state index in [1.165, 1.54) is 23.5 Å². The number of allylic oxidation sites excluding steroid dienone is 2. The lowest BCUT2D eigenvalue weighted by atomic mass is 9.94. The first-order valence-electron chi connectivity index (χ1n) is 9.79. The number of alkyl halides is 3. The van der Waals surface area contributed by atoms with Gasteiger partial charge in [-0.05, 0) is 55.3 Å². The van der Waals surface area contributed by atoms with Crippen molar-refractivity contribution in [1.29, 1.82) is 0 Å². The van der Waals surface area contributed by atoms with Crippen molar-refractivity contribution in [3.63, 3.8) is 0 Å². The fraction of sp³-hybridized carbons (Fsp3) is 0.174. The molecule has 0 bridgehead atoms. The molecule has 2 N–H and O–H groups in total. The summed E-state index contributed by atoms with van der Waals surface area (Å²) in [6, 6.07) is 8.37.